The van der Waals surface area contributed by atoms with Crippen molar-refractivity contribution in [1.29, 1.82) is 0 Å². The average molecular weight is 637 g/mol. The van der Waals surface area contributed by atoms with Crippen LogP contribution in [0.3, 0.4) is 0 Å². The van der Waals surface area contributed by atoms with Crippen molar-refractivity contribution in [3.05, 3.63) is 35.9 Å². The van der Waals surface area contributed by atoms with Crippen LogP contribution in [-0.2, 0) is 24.9 Å². The third-order valence-corrected chi connectivity index (χ3v) is 18.9. The van der Waals surface area contributed by atoms with Gasteiger partial charge >= 0.3 is 0 Å². The highest BCUT2D eigenvalue weighted by Crippen LogP contribution is 2.37. The van der Waals surface area contributed by atoms with Gasteiger partial charge in [-0.05, 0) is 80.4 Å². The standard InChI is InChI=1S/C21H37NO2Si.C14H31NO2Si/c1-21(2,3)25(4,5)24-15-10-9-13-20-18-22(14-16-23-20)17-19-11-7-6-8-12-19;1-14(2,3)18(4,5)17-10-7-6-8-13-12-15-9-11-16-13/h6-8,11-12,20H,9-10,13-18H2,1-5H3;13,15H,6-12H2,1-5H3/t20-;13-/m00/s1. The van der Waals surface area contributed by atoms with E-state index in [-0.39, 0.29) is 0 Å². The molecule has 0 radical (unpaired) electrons. The fraction of sp³-hybridized carbons (Fsp3) is 0.829. The number of hydrogen-bond donors (Lipinski definition) is 1. The van der Waals surface area contributed by atoms with Crippen LogP contribution in [0.25, 0.3) is 0 Å². The summed E-state index contributed by atoms with van der Waals surface area (Å²) in [5.41, 5.74) is 1.39. The van der Waals surface area contributed by atoms with Crippen LogP contribution in [0.15, 0.2) is 30.3 Å². The van der Waals surface area contributed by atoms with E-state index in [1.54, 1.807) is 0 Å². The van der Waals surface area contributed by atoms with Crippen LogP contribution in [0.1, 0.15) is 85.6 Å². The molecule has 0 aliphatic carbocycles. The van der Waals surface area contributed by atoms with E-state index in [2.05, 4.69) is 108 Å². The van der Waals surface area contributed by atoms with Crippen LogP contribution in [0, 0.1) is 0 Å². The Kier molecular flexibility index (Phi) is 16.6. The Labute approximate surface area is 268 Å². The molecular weight excluding hydrogens is 569 g/mol. The number of benzene rings is 1. The van der Waals surface area contributed by atoms with Crippen LogP contribution in [0.5, 0.6) is 0 Å². The number of rotatable bonds is 14. The Morgan fingerprint density at radius 3 is 1.81 bits per heavy atom. The Balaban J connectivity index is 0.000000317. The predicted octanol–water partition coefficient (Wildman–Crippen LogP) is 8.25. The first-order valence-electron chi connectivity index (χ1n) is 17.1. The van der Waals surface area contributed by atoms with Gasteiger partial charge in [-0.2, -0.15) is 0 Å². The zero-order valence-corrected chi connectivity index (χ0v) is 31.7. The molecule has 1 N–H and O–H groups in total. The zero-order valence-electron chi connectivity index (χ0n) is 29.7. The second-order valence-corrected chi connectivity index (χ2v) is 25.2. The van der Waals surface area contributed by atoms with Crippen molar-refractivity contribution in [3.8, 4) is 0 Å². The molecule has 43 heavy (non-hydrogen) atoms. The SMILES string of the molecule is CC(C)(C)[Si](C)(C)OCCCC[C@H]1CN(Cc2ccccc2)CCO1.CC(C)(C)[Si](C)(C)OCCCC[C@H]1CNCCO1. The molecule has 1 aromatic carbocycles. The molecule has 0 saturated carbocycles. The molecule has 2 heterocycles. The zero-order chi connectivity index (χ0) is 32.0. The number of morpholine rings is 2. The molecule has 0 aromatic heterocycles. The van der Waals surface area contributed by atoms with Gasteiger partial charge in [0, 0.05) is 45.9 Å². The molecule has 3 rings (SSSR count). The predicted molar refractivity (Wildman–Crippen MR) is 188 cm³/mol. The molecule has 2 aliphatic rings. The van der Waals surface area contributed by atoms with Gasteiger partial charge in [0.25, 0.3) is 0 Å². The third-order valence-electron chi connectivity index (χ3n) is 9.86. The van der Waals surface area contributed by atoms with Gasteiger partial charge in [0.1, 0.15) is 0 Å². The molecule has 6 nitrogen and oxygen atoms in total. The van der Waals surface area contributed by atoms with E-state index in [1.807, 2.05) is 0 Å². The van der Waals surface area contributed by atoms with Crippen LogP contribution in [0.4, 0.5) is 0 Å². The lowest BCUT2D eigenvalue weighted by atomic mass is 10.1. The summed E-state index contributed by atoms with van der Waals surface area (Å²) in [5.74, 6) is 0. The van der Waals surface area contributed by atoms with E-state index in [1.165, 1.54) is 18.4 Å². The smallest absolute Gasteiger partial charge is 0.191 e. The number of nitrogens with zero attached hydrogens (tertiary/aromatic N) is 1. The molecule has 0 amide bonds. The fourth-order valence-electron chi connectivity index (χ4n) is 4.78. The van der Waals surface area contributed by atoms with E-state index in [4.69, 9.17) is 18.3 Å². The van der Waals surface area contributed by atoms with Crippen LogP contribution in [0.2, 0.25) is 36.3 Å². The topological polar surface area (TPSA) is 52.2 Å². The fourth-order valence-corrected chi connectivity index (χ4v) is 6.96. The van der Waals surface area contributed by atoms with Gasteiger partial charge in [-0.1, -0.05) is 71.9 Å². The van der Waals surface area contributed by atoms with E-state index < -0.39 is 16.6 Å². The van der Waals surface area contributed by atoms with Crippen LogP contribution < -0.4 is 5.32 Å². The highest BCUT2D eigenvalue weighted by atomic mass is 28.4. The van der Waals surface area contributed by atoms with Gasteiger partial charge in [-0.15, -0.1) is 0 Å². The first-order valence-corrected chi connectivity index (χ1v) is 22.9. The molecule has 0 spiro atoms. The van der Waals surface area contributed by atoms with Crippen molar-refractivity contribution >= 4 is 16.6 Å². The second kappa shape index (κ2) is 18.5. The summed E-state index contributed by atoms with van der Waals surface area (Å²) in [6, 6.07) is 10.7. The molecule has 2 saturated heterocycles. The third kappa shape index (κ3) is 15.0. The summed E-state index contributed by atoms with van der Waals surface area (Å²) in [6.07, 6.45) is 7.81. The molecule has 250 valence electrons. The first kappa shape index (κ1) is 38.6. The van der Waals surface area contributed by atoms with E-state index in [0.29, 0.717) is 22.3 Å². The van der Waals surface area contributed by atoms with E-state index >= 15 is 0 Å². The summed E-state index contributed by atoms with van der Waals surface area (Å²) >= 11 is 0. The Morgan fingerprint density at radius 1 is 0.767 bits per heavy atom. The largest absolute Gasteiger partial charge is 0.417 e. The monoisotopic (exact) mass is 636 g/mol. The Bertz CT molecular complexity index is 865. The minimum atomic E-state index is -1.59. The molecule has 0 unspecified atom stereocenters. The molecule has 2 fully saturated rings. The van der Waals surface area contributed by atoms with Crippen molar-refractivity contribution in [2.45, 2.75) is 135 Å². The average Bonchev–Trinajstić information content (AvgIpc) is 2.93. The maximum absolute atomic E-state index is 6.27. The molecule has 2 atom stereocenters. The van der Waals surface area contributed by atoms with Gasteiger partial charge in [0.2, 0.25) is 0 Å². The van der Waals surface area contributed by atoms with Gasteiger partial charge in [0.15, 0.2) is 16.6 Å². The number of hydrogen-bond acceptors (Lipinski definition) is 6. The van der Waals surface area contributed by atoms with E-state index in [0.717, 1.165) is 84.8 Å². The maximum atomic E-state index is 6.27. The van der Waals surface area contributed by atoms with Crippen LogP contribution in [-0.4, -0.2) is 86.3 Å². The molecule has 1 aromatic rings. The van der Waals surface area contributed by atoms with Crippen molar-refractivity contribution < 1.29 is 18.3 Å². The highest BCUT2D eigenvalue weighted by Gasteiger charge is 2.37. The minimum absolute atomic E-state index is 0.303. The summed E-state index contributed by atoms with van der Waals surface area (Å²) < 4.78 is 24.1. The van der Waals surface area contributed by atoms with Crippen LogP contribution >= 0.6 is 0 Å². The molecule has 8 heteroatoms. The maximum Gasteiger partial charge on any atom is 0.191 e. The first-order chi connectivity index (χ1) is 20.1. The normalized spacial score (nSPS) is 20.9. The van der Waals surface area contributed by atoms with Gasteiger partial charge in [-0.3, -0.25) is 4.90 Å². The molecular formula is C35H68N2O4Si2. The van der Waals surface area contributed by atoms with Crippen molar-refractivity contribution in [3.63, 3.8) is 0 Å². The summed E-state index contributed by atoms with van der Waals surface area (Å²) in [6.45, 7) is 31.8. The molecule has 0 bridgehead atoms. The van der Waals surface area contributed by atoms with Gasteiger partial charge in [-0.25, -0.2) is 0 Å². The van der Waals surface area contributed by atoms with Crippen molar-refractivity contribution in [1.82, 2.24) is 10.2 Å². The van der Waals surface area contributed by atoms with Gasteiger partial charge in [0.05, 0.1) is 25.4 Å². The Hall–Kier alpha value is -0.586. The minimum Gasteiger partial charge on any atom is -0.417 e. The summed E-state index contributed by atoms with van der Waals surface area (Å²) in [7, 11) is -3.13. The quantitative estimate of drug-likeness (QED) is 0.164. The lowest BCUT2D eigenvalue weighted by molar-refractivity contribution is -0.0360. The Morgan fingerprint density at radius 2 is 1.30 bits per heavy atom. The second-order valence-electron chi connectivity index (χ2n) is 15.6. The van der Waals surface area contributed by atoms with E-state index in [9.17, 15) is 0 Å². The van der Waals surface area contributed by atoms with Crippen molar-refractivity contribution in [2.24, 2.45) is 0 Å². The van der Waals surface area contributed by atoms with Crippen molar-refractivity contribution in [2.75, 3.05) is 52.6 Å². The number of nitrogens with one attached hydrogen (secondary N) is 1. The number of unbranched alkanes of at least 4 members (excludes halogenated alkanes) is 2. The lowest BCUT2D eigenvalue weighted by Crippen LogP contribution is -2.42. The summed E-state index contributed by atoms with van der Waals surface area (Å²) in [5, 5.41) is 4.00. The number of ether oxygens (including phenoxy) is 2. The summed E-state index contributed by atoms with van der Waals surface area (Å²) in [4.78, 5) is 2.52. The van der Waals surface area contributed by atoms with Gasteiger partial charge < -0.3 is 23.6 Å². The highest BCUT2D eigenvalue weighted by molar-refractivity contribution is 6.74. The lowest BCUT2D eigenvalue weighted by Gasteiger charge is -2.36. The molecule has 2 aliphatic heterocycles.